The van der Waals surface area contributed by atoms with E-state index in [9.17, 15) is 18.0 Å². The molecule has 0 atom stereocenters. The van der Waals surface area contributed by atoms with Gasteiger partial charge in [-0.15, -0.1) is 26.8 Å². The summed E-state index contributed by atoms with van der Waals surface area (Å²) in [6.45, 7) is 0. The van der Waals surface area contributed by atoms with Gasteiger partial charge in [-0.2, -0.15) is 13.2 Å². The Kier molecular flexibility index (Phi) is 4.94. The van der Waals surface area contributed by atoms with Crippen molar-refractivity contribution in [3.63, 3.8) is 0 Å². The van der Waals surface area contributed by atoms with Crippen LogP contribution >= 0.6 is 11.8 Å². The summed E-state index contributed by atoms with van der Waals surface area (Å²) in [5.41, 5.74) is 0.0506. The fourth-order valence-electron chi connectivity index (χ4n) is 2.09. The van der Waals surface area contributed by atoms with E-state index in [1.165, 1.54) is 23.9 Å². The van der Waals surface area contributed by atoms with Gasteiger partial charge in [-0.3, -0.25) is 4.79 Å². The maximum atomic E-state index is 12.6. The molecule has 0 spiro atoms. The second-order valence-electron chi connectivity index (χ2n) is 5.13. The van der Waals surface area contributed by atoms with Crippen molar-refractivity contribution in [2.75, 3.05) is 11.6 Å². The van der Waals surface area contributed by atoms with Crippen LogP contribution in [0.15, 0.2) is 53.4 Å². The number of carbonyl (C=O) groups is 1. The molecule has 2 aromatic carbocycles. The quantitative estimate of drug-likeness (QED) is 0.701. The van der Waals surface area contributed by atoms with E-state index in [4.69, 9.17) is 0 Å². The van der Waals surface area contributed by atoms with Gasteiger partial charge in [0.15, 0.2) is 0 Å². The molecule has 134 valence electrons. The van der Waals surface area contributed by atoms with Crippen molar-refractivity contribution in [2.24, 2.45) is 0 Å². The summed E-state index contributed by atoms with van der Waals surface area (Å²) < 4.78 is 37.8. The molecule has 3 aromatic rings. The molecule has 0 saturated carbocycles. The first-order valence-electron chi connectivity index (χ1n) is 7.30. The fraction of sp³-hybridized carbons (Fsp3) is 0.125. The normalized spacial score (nSPS) is 11.4. The number of benzene rings is 2. The van der Waals surface area contributed by atoms with E-state index in [-0.39, 0.29) is 11.5 Å². The molecule has 1 aromatic heterocycles. The number of nitrogens with one attached hydrogen (secondary N) is 1. The van der Waals surface area contributed by atoms with Crippen molar-refractivity contribution in [2.45, 2.75) is 11.1 Å². The van der Waals surface area contributed by atoms with Crippen molar-refractivity contribution in [1.82, 2.24) is 20.2 Å². The van der Waals surface area contributed by atoms with E-state index >= 15 is 0 Å². The highest BCUT2D eigenvalue weighted by molar-refractivity contribution is 7.98. The molecular formula is C16H12F3N5OS. The topological polar surface area (TPSA) is 72.7 Å². The summed E-state index contributed by atoms with van der Waals surface area (Å²) in [5, 5.41) is 13.9. The minimum atomic E-state index is -4.43. The molecule has 0 saturated heterocycles. The van der Waals surface area contributed by atoms with Crippen LogP contribution in [-0.4, -0.2) is 32.4 Å². The highest BCUT2D eigenvalue weighted by Crippen LogP contribution is 2.29. The number of thioether (sulfide) groups is 1. The number of nitrogens with zero attached hydrogens (tertiary/aromatic N) is 4. The number of rotatable bonds is 4. The first kappa shape index (κ1) is 17.9. The molecule has 3 rings (SSSR count). The monoisotopic (exact) mass is 379 g/mol. The molecule has 0 radical (unpaired) electrons. The minimum absolute atomic E-state index is 0.195. The van der Waals surface area contributed by atoms with Crippen LogP contribution in [0.4, 0.5) is 18.9 Å². The van der Waals surface area contributed by atoms with Gasteiger partial charge in [0, 0.05) is 10.6 Å². The summed E-state index contributed by atoms with van der Waals surface area (Å²) in [6.07, 6.45) is -2.51. The lowest BCUT2D eigenvalue weighted by molar-refractivity contribution is -0.137. The average molecular weight is 379 g/mol. The Balaban J connectivity index is 1.75. The molecule has 26 heavy (non-hydrogen) atoms. The first-order chi connectivity index (χ1) is 12.4. The van der Waals surface area contributed by atoms with Crippen molar-refractivity contribution in [1.29, 1.82) is 0 Å². The van der Waals surface area contributed by atoms with E-state index in [2.05, 4.69) is 20.7 Å². The van der Waals surface area contributed by atoms with Gasteiger partial charge in [-0.05, 0) is 53.9 Å². The van der Waals surface area contributed by atoms with E-state index in [0.717, 1.165) is 21.8 Å². The zero-order chi connectivity index (χ0) is 18.7. The number of anilines is 1. The Labute approximate surface area is 150 Å². The molecule has 1 heterocycles. The molecular weight excluding hydrogens is 367 g/mol. The smallest absolute Gasteiger partial charge is 0.319 e. The number of tetrazole rings is 1. The number of hydrogen-bond acceptors (Lipinski definition) is 5. The lowest BCUT2D eigenvalue weighted by Crippen LogP contribution is -2.14. The fourth-order valence-corrected chi connectivity index (χ4v) is 2.55. The first-order valence-corrected chi connectivity index (χ1v) is 8.52. The van der Waals surface area contributed by atoms with E-state index < -0.39 is 17.6 Å². The predicted molar refractivity (Wildman–Crippen MR) is 90.3 cm³/mol. The van der Waals surface area contributed by atoms with Gasteiger partial charge < -0.3 is 5.32 Å². The van der Waals surface area contributed by atoms with E-state index in [0.29, 0.717) is 5.69 Å². The predicted octanol–water partition coefficient (Wildman–Crippen LogP) is 3.66. The van der Waals surface area contributed by atoms with Crippen molar-refractivity contribution < 1.29 is 18.0 Å². The molecule has 0 aliphatic rings. The standard InChI is InChI=1S/C16H12F3N5OS/c1-26-13-4-2-3-11(9-13)20-15(25)14-21-23-24(22-14)12-7-5-10(6-8-12)16(17,18)19/h2-9H,1H3,(H,20,25). The highest BCUT2D eigenvalue weighted by atomic mass is 32.2. The Morgan fingerprint density at radius 1 is 1.15 bits per heavy atom. The van der Waals surface area contributed by atoms with Crippen molar-refractivity contribution in [3.8, 4) is 5.69 Å². The summed E-state index contributed by atoms with van der Waals surface area (Å²) in [5.74, 6) is -0.763. The third-order valence-corrected chi connectivity index (χ3v) is 4.10. The van der Waals surface area contributed by atoms with Gasteiger partial charge in [-0.1, -0.05) is 6.07 Å². The number of halogens is 3. The summed E-state index contributed by atoms with van der Waals surface area (Å²) in [7, 11) is 0. The van der Waals surface area contributed by atoms with Gasteiger partial charge in [0.05, 0.1) is 11.3 Å². The zero-order valence-electron chi connectivity index (χ0n) is 13.4. The van der Waals surface area contributed by atoms with Crippen molar-refractivity contribution in [3.05, 3.63) is 59.9 Å². The minimum Gasteiger partial charge on any atom is -0.319 e. The van der Waals surface area contributed by atoms with Crippen LogP contribution in [0, 0.1) is 0 Å². The van der Waals surface area contributed by atoms with Gasteiger partial charge in [0.1, 0.15) is 0 Å². The van der Waals surface area contributed by atoms with Crippen molar-refractivity contribution >= 4 is 23.4 Å². The van der Waals surface area contributed by atoms with Gasteiger partial charge >= 0.3 is 6.18 Å². The SMILES string of the molecule is CSc1cccc(NC(=O)c2nnn(-c3ccc(C(F)(F)F)cc3)n2)c1. The second kappa shape index (κ2) is 7.16. The summed E-state index contributed by atoms with van der Waals surface area (Å²) in [6, 6.07) is 11.4. The van der Waals surface area contributed by atoms with Gasteiger partial charge in [0.2, 0.25) is 0 Å². The number of hydrogen-bond donors (Lipinski definition) is 1. The number of amides is 1. The van der Waals surface area contributed by atoms with E-state index in [1.807, 2.05) is 12.3 Å². The third kappa shape index (κ3) is 4.02. The molecule has 10 heteroatoms. The Morgan fingerprint density at radius 3 is 2.54 bits per heavy atom. The van der Waals surface area contributed by atoms with Crippen LogP contribution in [0.1, 0.15) is 16.2 Å². The Morgan fingerprint density at radius 2 is 1.88 bits per heavy atom. The van der Waals surface area contributed by atoms with Crippen LogP contribution in [0.3, 0.4) is 0 Å². The lowest BCUT2D eigenvalue weighted by atomic mass is 10.2. The number of aromatic nitrogens is 4. The average Bonchev–Trinajstić information content (AvgIpc) is 3.11. The maximum Gasteiger partial charge on any atom is 0.416 e. The number of alkyl halides is 3. The van der Waals surface area contributed by atoms with E-state index in [1.54, 1.807) is 18.2 Å². The van der Waals surface area contributed by atoms with Crippen LogP contribution in [0.5, 0.6) is 0 Å². The number of carbonyl (C=O) groups excluding carboxylic acids is 1. The lowest BCUT2D eigenvalue weighted by Gasteiger charge is -2.06. The Hall–Kier alpha value is -2.88. The molecule has 0 aliphatic heterocycles. The van der Waals surface area contributed by atoms with Crippen LogP contribution in [-0.2, 0) is 6.18 Å². The zero-order valence-corrected chi connectivity index (χ0v) is 14.2. The summed E-state index contributed by atoms with van der Waals surface area (Å²) in [4.78, 5) is 14.2. The van der Waals surface area contributed by atoms with Crippen LogP contribution in [0.2, 0.25) is 0 Å². The molecule has 1 amide bonds. The Bertz CT molecular complexity index is 924. The molecule has 6 nitrogen and oxygen atoms in total. The molecule has 1 N–H and O–H groups in total. The highest BCUT2D eigenvalue weighted by Gasteiger charge is 2.30. The largest absolute Gasteiger partial charge is 0.416 e. The second-order valence-corrected chi connectivity index (χ2v) is 6.01. The third-order valence-electron chi connectivity index (χ3n) is 3.37. The molecule has 0 aliphatic carbocycles. The molecule has 0 fully saturated rings. The molecule has 0 unspecified atom stereocenters. The molecule has 0 bridgehead atoms. The summed E-state index contributed by atoms with van der Waals surface area (Å²) >= 11 is 1.53. The maximum absolute atomic E-state index is 12.6. The van der Waals surface area contributed by atoms with Gasteiger partial charge in [-0.25, -0.2) is 0 Å². The van der Waals surface area contributed by atoms with Crippen LogP contribution in [0.25, 0.3) is 5.69 Å². The van der Waals surface area contributed by atoms with Crippen LogP contribution < -0.4 is 5.32 Å². The van der Waals surface area contributed by atoms with Gasteiger partial charge in [0.25, 0.3) is 11.7 Å².